The molecule has 1 aromatic heterocycles. The molecule has 0 saturated heterocycles. The second-order valence-corrected chi connectivity index (χ2v) is 4.18. The zero-order chi connectivity index (χ0) is 13.1. The maximum absolute atomic E-state index is 13.5. The minimum absolute atomic E-state index is 0.0200. The molecule has 0 unspecified atom stereocenters. The Morgan fingerprint density at radius 2 is 2.00 bits per heavy atom. The van der Waals surface area contributed by atoms with Crippen molar-refractivity contribution in [2.45, 2.75) is 19.8 Å². The summed E-state index contributed by atoms with van der Waals surface area (Å²) in [6.45, 7) is 4.07. The summed E-state index contributed by atoms with van der Waals surface area (Å²) >= 11 is 0. The lowest BCUT2D eigenvalue weighted by molar-refractivity contribution is 0.415. The van der Waals surface area contributed by atoms with Gasteiger partial charge in [0.05, 0.1) is 6.20 Å². The van der Waals surface area contributed by atoms with Crippen LogP contribution in [0.2, 0.25) is 0 Å². The minimum Gasteiger partial charge on any atom is -0.436 e. The third kappa shape index (κ3) is 2.56. The fourth-order valence-electron chi connectivity index (χ4n) is 1.59. The van der Waals surface area contributed by atoms with Crippen molar-refractivity contribution in [2.75, 3.05) is 5.73 Å². The van der Waals surface area contributed by atoms with E-state index in [1.54, 1.807) is 6.07 Å². The Morgan fingerprint density at radius 1 is 1.28 bits per heavy atom. The molecular weight excluding hydrogens is 233 g/mol. The zero-order valence-electron chi connectivity index (χ0n) is 10.2. The molecule has 0 atom stereocenters. The molecular formula is C13H14FN3O. The van der Waals surface area contributed by atoms with Crippen molar-refractivity contribution in [2.24, 2.45) is 0 Å². The molecule has 0 bridgehead atoms. The number of anilines is 1. The van der Waals surface area contributed by atoms with Gasteiger partial charge in [0.1, 0.15) is 5.75 Å². The van der Waals surface area contributed by atoms with Gasteiger partial charge in [-0.15, -0.1) is 0 Å². The van der Waals surface area contributed by atoms with Gasteiger partial charge in [-0.05, 0) is 17.5 Å². The molecule has 0 radical (unpaired) electrons. The topological polar surface area (TPSA) is 61.0 Å². The van der Waals surface area contributed by atoms with Crippen molar-refractivity contribution in [3.63, 3.8) is 0 Å². The first-order chi connectivity index (χ1) is 8.58. The van der Waals surface area contributed by atoms with Crippen LogP contribution in [0.4, 0.5) is 10.3 Å². The van der Waals surface area contributed by atoms with Gasteiger partial charge in [0, 0.05) is 0 Å². The van der Waals surface area contributed by atoms with Crippen LogP contribution in [0.3, 0.4) is 0 Å². The highest BCUT2D eigenvalue weighted by molar-refractivity contribution is 5.38. The second-order valence-electron chi connectivity index (χ2n) is 4.18. The molecule has 0 amide bonds. The monoisotopic (exact) mass is 247 g/mol. The molecule has 18 heavy (non-hydrogen) atoms. The van der Waals surface area contributed by atoms with Crippen LogP contribution in [-0.4, -0.2) is 9.97 Å². The Labute approximate surface area is 105 Å². The Balaban J connectivity index is 2.37. The number of nitrogens with zero attached hydrogens (tertiary/aromatic N) is 2. The van der Waals surface area contributed by atoms with Crippen LogP contribution in [0.15, 0.2) is 30.5 Å². The summed E-state index contributed by atoms with van der Waals surface area (Å²) in [6.07, 6.45) is 0.996. The average Bonchev–Trinajstić information content (AvgIpc) is 2.34. The van der Waals surface area contributed by atoms with Gasteiger partial charge in [0.15, 0.2) is 0 Å². The first-order valence-corrected chi connectivity index (χ1v) is 5.62. The Hall–Kier alpha value is -2.17. The number of hydrogen-bond donors (Lipinski definition) is 1. The maximum Gasteiger partial charge on any atom is 0.260 e. The zero-order valence-corrected chi connectivity index (χ0v) is 10.2. The van der Waals surface area contributed by atoms with E-state index in [2.05, 4.69) is 9.97 Å². The van der Waals surface area contributed by atoms with Crippen molar-refractivity contribution in [1.29, 1.82) is 0 Å². The van der Waals surface area contributed by atoms with Crippen molar-refractivity contribution in [1.82, 2.24) is 9.97 Å². The molecule has 0 spiro atoms. The lowest BCUT2D eigenvalue weighted by Crippen LogP contribution is -2.01. The van der Waals surface area contributed by atoms with Crippen LogP contribution in [0.1, 0.15) is 25.3 Å². The Morgan fingerprint density at radius 3 is 2.72 bits per heavy atom. The van der Waals surface area contributed by atoms with E-state index in [1.807, 2.05) is 32.0 Å². The number of ether oxygens (including phenoxy) is 1. The quantitative estimate of drug-likeness (QED) is 0.905. The molecule has 2 rings (SSSR count). The first kappa shape index (κ1) is 12.3. The molecule has 1 aromatic carbocycles. The van der Waals surface area contributed by atoms with Crippen LogP contribution >= 0.6 is 0 Å². The fraction of sp³-hybridized carbons (Fsp3) is 0.231. The maximum atomic E-state index is 13.5. The summed E-state index contributed by atoms with van der Waals surface area (Å²) in [7, 11) is 0. The minimum atomic E-state index is -0.636. The van der Waals surface area contributed by atoms with Gasteiger partial charge >= 0.3 is 0 Å². The third-order valence-corrected chi connectivity index (χ3v) is 2.48. The lowest BCUT2D eigenvalue weighted by atomic mass is 10.0. The van der Waals surface area contributed by atoms with E-state index in [0.717, 1.165) is 11.8 Å². The van der Waals surface area contributed by atoms with Crippen LogP contribution in [0.25, 0.3) is 0 Å². The molecule has 0 saturated carbocycles. The van der Waals surface area contributed by atoms with Crippen molar-refractivity contribution in [3.05, 3.63) is 41.8 Å². The van der Waals surface area contributed by atoms with Crippen LogP contribution < -0.4 is 10.5 Å². The van der Waals surface area contributed by atoms with E-state index in [0.29, 0.717) is 5.75 Å². The highest BCUT2D eigenvalue weighted by Gasteiger charge is 2.12. The van der Waals surface area contributed by atoms with E-state index in [4.69, 9.17) is 10.5 Å². The number of rotatable bonds is 3. The van der Waals surface area contributed by atoms with Crippen molar-refractivity contribution in [3.8, 4) is 11.6 Å². The number of nitrogen functional groups attached to an aromatic ring is 1. The summed E-state index contributed by atoms with van der Waals surface area (Å²) in [6, 6.07) is 7.44. The highest BCUT2D eigenvalue weighted by atomic mass is 19.1. The van der Waals surface area contributed by atoms with Gasteiger partial charge in [0.25, 0.3) is 5.88 Å². The largest absolute Gasteiger partial charge is 0.436 e. The number of para-hydroxylation sites is 1. The standard InChI is InChI=1S/C13H14FN3O/c1-8(2)9-5-3-4-6-11(9)18-12-10(14)7-16-13(15)17-12/h3-8H,1-2H3,(H2,15,16,17). The van der Waals surface area contributed by atoms with Gasteiger partial charge in [-0.25, -0.2) is 4.98 Å². The number of hydrogen-bond acceptors (Lipinski definition) is 4. The van der Waals surface area contributed by atoms with Crippen LogP contribution in [0.5, 0.6) is 11.6 Å². The van der Waals surface area contributed by atoms with E-state index >= 15 is 0 Å². The summed E-state index contributed by atoms with van der Waals surface area (Å²) < 4.78 is 19.0. The summed E-state index contributed by atoms with van der Waals surface area (Å²) in [4.78, 5) is 7.29. The van der Waals surface area contributed by atoms with Gasteiger partial charge in [-0.2, -0.15) is 9.37 Å². The predicted octanol–water partition coefficient (Wildman–Crippen LogP) is 3.11. The Kier molecular flexibility index (Phi) is 3.41. The summed E-state index contributed by atoms with van der Waals surface area (Å²) in [5.41, 5.74) is 6.39. The average molecular weight is 247 g/mol. The first-order valence-electron chi connectivity index (χ1n) is 5.62. The molecule has 0 aliphatic heterocycles. The molecule has 0 aliphatic rings. The Bertz CT molecular complexity index is 558. The second kappa shape index (κ2) is 5.00. The molecule has 2 N–H and O–H groups in total. The lowest BCUT2D eigenvalue weighted by Gasteiger charge is -2.13. The van der Waals surface area contributed by atoms with Gasteiger partial charge in [-0.3, -0.25) is 0 Å². The molecule has 0 aliphatic carbocycles. The number of nitrogens with two attached hydrogens (primary N) is 1. The van der Waals surface area contributed by atoms with Crippen molar-refractivity contribution < 1.29 is 9.13 Å². The SMILES string of the molecule is CC(C)c1ccccc1Oc1nc(N)ncc1F. The molecule has 5 heteroatoms. The van der Waals surface area contributed by atoms with Gasteiger partial charge in [-0.1, -0.05) is 32.0 Å². The van der Waals surface area contributed by atoms with E-state index in [1.165, 1.54) is 0 Å². The van der Waals surface area contributed by atoms with E-state index in [-0.39, 0.29) is 17.7 Å². The van der Waals surface area contributed by atoms with Crippen molar-refractivity contribution >= 4 is 5.95 Å². The van der Waals surface area contributed by atoms with Crippen LogP contribution in [0, 0.1) is 5.82 Å². The summed E-state index contributed by atoms with van der Waals surface area (Å²) in [5, 5.41) is 0. The van der Waals surface area contributed by atoms with Gasteiger partial charge < -0.3 is 10.5 Å². The normalized spacial score (nSPS) is 10.7. The number of benzene rings is 1. The molecule has 94 valence electrons. The number of aromatic nitrogens is 2. The molecule has 0 fully saturated rings. The van der Waals surface area contributed by atoms with E-state index < -0.39 is 5.82 Å². The van der Waals surface area contributed by atoms with E-state index in [9.17, 15) is 4.39 Å². The smallest absolute Gasteiger partial charge is 0.260 e. The fourth-order valence-corrected chi connectivity index (χ4v) is 1.59. The third-order valence-electron chi connectivity index (χ3n) is 2.48. The molecule has 2 aromatic rings. The molecule has 1 heterocycles. The summed E-state index contributed by atoms with van der Waals surface area (Å²) in [5.74, 6) is 0.0275. The number of halogens is 1. The van der Waals surface area contributed by atoms with Gasteiger partial charge in [0.2, 0.25) is 11.8 Å². The highest BCUT2D eigenvalue weighted by Crippen LogP contribution is 2.30. The molecule has 4 nitrogen and oxygen atoms in total. The van der Waals surface area contributed by atoms with Crippen LogP contribution in [-0.2, 0) is 0 Å². The predicted molar refractivity (Wildman–Crippen MR) is 67.0 cm³/mol.